The Labute approximate surface area is 270 Å². The number of hydrogen-bond acceptors (Lipinski definition) is 12. The highest BCUT2D eigenvalue weighted by Gasteiger charge is 2.52. The second kappa shape index (κ2) is 14.3. The molecule has 4 aliphatic heterocycles. The highest BCUT2D eigenvalue weighted by molar-refractivity contribution is 5.57. The van der Waals surface area contributed by atoms with Gasteiger partial charge in [0.25, 0.3) is 0 Å². The van der Waals surface area contributed by atoms with E-state index < -0.39 is 24.5 Å². The van der Waals surface area contributed by atoms with Gasteiger partial charge in [-0.15, -0.1) is 0 Å². The number of nitrogens with two attached hydrogens (primary N) is 1. The molecule has 7 unspecified atom stereocenters. The number of nitrogens with one attached hydrogen (secondary N) is 3. The SMILES string of the molecule is CCCCN1C=NC2C(NCN2[C@@H]2O[C@H](CN(C)C3CC(CCC4NC5CCC(C(C)(C)COC)CC5N4)C3)[C@@H](O)[C@H]2O)C1N. The molecular weight excluding hydrogens is 572 g/mol. The molecule has 2 aliphatic carbocycles. The minimum atomic E-state index is -0.987. The van der Waals surface area contributed by atoms with Gasteiger partial charge in [0.05, 0.1) is 38.0 Å². The smallest absolute Gasteiger partial charge is 0.142 e. The van der Waals surface area contributed by atoms with Crippen molar-refractivity contribution in [2.24, 2.45) is 28.0 Å². The molecule has 5 fully saturated rings. The van der Waals surface area contributed by atoms with Crippen molar-refractivity contribution in [3.63, 3.8) is 0 Å². The van der Waals surface area contributed by atoms with E-state index in [-0.39, 0.29) is 23.8 Å². The summed E-state index contributed by atoms with van der Waals surface area (Å²) in [5.74, 6) is 1.44. The first-order valence-corrected chi connectivity index (χ1v) is 17.9. The van der Waals surface area contributed by atoms with E-state index in [0.717, 1.165) is 31.9 Å². The van der Waals surface area contributed by atoms with E-state index in [1.807, 2.05) is 18.3 Å². The number of ether oxygens (including phenoxy) is 2. The topological polar surface area (TPSA) is 143 Å². The van der Waals surface area contributed by atoms with Gasteiger partial charge in [0.1, 0.15) is 30.7 Å². The van der Waals surface area contributed by atoms with Crippen LogP contribution in [0.5, 0.6) is 0 Å². The van der Waals surface area contributed by atoms with Crippen LogP contribution in [0.15, 0.2) is 4.99 Å². The van der Waals surface area contributed by atoms with E-state index in [2.05, 4.69) is 53.6 Å². The minimum Gasteiger partial charge on any atom is -0.387 e. The maximum Gasteiger partial charge on any atom is 0.142 e. The Hall–Kier alpha value is -0.930. The van der Waals surface area contributed by atoms with Gasteiger partial charge >= 0.3 is 0 Å². The number of hydrogen-bond donors (Lipinski definition) is 6. The molecule has 6 aliphatic rings. The van der Waals surface area contributed by atoms with Crippen LogP contribution in [0.2, 0.25) is 0 Å². The number of nitrogens with zero attached hydrogens (tertiary/aromatic N) is 4. The normalized spacial score (nSPS) is 43.6. The number of aliphatic hydroxyl groups is 2. The van der Waals surface area contributed by atoms with Gasteiger partial charge < -0.3 is 35.2 Å². The molecule has 0 aromatic heterocycles. The molecule has 0 spiro atoms. The number of methoxy groups -OCH3 is 1. The average Bonchev–Trinajstić information content (AvgIpc) is 3.68. The van der Waals surface area contributed by atoms with Crippen LogP contribution in [0.25, 0.3) is 0 Å². The fraction of sp³-hybridized carbons (Fsp3) is 0.970. The summed E-state index contributed by atoms with van der Waals surface area (Å²) < 4.78 is 11.9. The molecule has 258 valence electrons. The van der Waals surface area contributed by atoms with E-state index in [4.69, 9.17) is 20.2 Å². The monoisotopic (exact) mass is 634 g/mol. The van der Waals surface area contributed by atoms with Gasteiger partial charge in [-0.1, -0.05) is 27.2 Å². The summed E-state index contributed by atoms with van der Waals surface area (Å²) in [7, 11) is 3.95. The minimum absolute atomic E-state index is 0.0444. The van der Waals surface area contributed by atoms with Crippen molar-refractivity contribution in [2.45, 2.75) is 146 Å². The van der Waals surface area contributed by atoms with E-state index in [1.165, 1.54) is 44.9 Å². The number of fused-ring (bicyclic) bond motifs is 2. The van der Waals surface area contributed by atoms with Crippen molar-refractivity contribution in [3.8, 4) is 0 Å². The van der Waals surface area contributed by atoms with Crippen LogP contribution < -0.4 is 21.7 Å². The first-order valence-electron chi connectivity index (χ1n) is 17.9. The van der Waals surface area contributed by atoms with Gasteiger partial charge in [-0.25, -0.2) is 4.90 Å². The summed E-state index contributed by atoms with van der Waals surface area (Å²) in [6.45, 7) is 9.71. The fourth-order valence-electron chi connectivity index (χ4n) is 9.09. The average molecular weight is 635 g/mol. The van der Waals surface area contributed by atoms with Gasteiger partial charge in [-0.3, -0.25) is 20.9 Å². The number of aliphatic imine (C=N–C) groups is 1. The standard InChI is InChI=1S/C33H62N8O4/c1-6-7-12-40-18-36-31-27(30(40)34)35-19-41(31)32-29(43)28(42)25(45-32)16-39(4)22-13-20(14-22)8-11-26-37-23-10-9-21(15-24(23)38-26)33(2,3)17-44-5/h18,20-32,35,37-38,42-43H,6-17,19,34H2,1-5H3/t20?,21?,22?,23?,24?,25-,26?,27?,28-,29-,30?,31?,32-/m1/s1. The Balaban J connectivity index is 0.920. The third-order valence-corrected chi connectivity index (χ3v) is 12.2. The zero-order chi connectivity index (χ0) is 31.9. The summed E-state index contributed by atoms with van der Waals surface area (Å²) in [6.07, 6.45) is 9.60. The lowest BCUT2D eigenvalue weighted by molar-refractivity contribution is -0.103. The molecule has 45 heavy (non-hydrogen) atoms. The van der Waals surface area contributed by atoms with Crippen LogP contribution in [0.1, 0.15) is 78.6 Å². The van der Waals surface area contributed by atoms with Crippen LogP contribution in [0, 0.1) is 17.3 Å². The lowest BCUT2D eigenvalue weighted by atomic mass is 9.69. The quantitative estimate of drug-likeness (QED) is 0.170. The summed E-state index contributed by atoms with van der Waals surface area (Å²) in [4.78, 5) is 11.2. The van der Waals surface area contributed by atoms with Crippen LogP contribution in [-0.2, 0) is 9.47 Å². The largest absolute Gasteiger partial charge is 0.387 e. The Morgan fingerprint density at radius 2 is 1.89 bits per heavy atom. The Morgan fingerprint density at radius 3 is 2.64 bits per heavy atom. The molecule has 12 heteroatoms. The van der Waals surface area contributed by atoms with Crippen LogP contribution in [0.4, 0.5) is 0 Å². The Kier molecular flexibility index (Phi) is 10.8. The van der Waals surface area contributed by atoms with Crippen molar-refractivity contribution in [3.05, 3.63) is 0 Å². The maximum absolute atomic E-state index is 11.0. The molecule has 0 aromatic rings. The van der Waals surface area contributed by atoms with Gasteiger partial charge in [-0.05, 0) is 75.7 Å². The maximum atomic E-state index is 11.0. The predicted molar refractivity (Wildman–Crippen MR) is 175 cm³/mol. The molecule has 7 N–H and O–H groups in total. The highest BCUT2D eigenvalue weighted by Crippen LogP contribution is 2.41. The fourth-order valence-corrected chi connectivity index (χ4v) is 9.09. The molecule has 3 saturated heterocycles. The van der Waals surface area contributed by atoms with Gasteiger partial charge in [0.2, 0.25) is 0 Å². The molecule has 0 aromatic carbocycles. The van der Waals surface area contributed by atoms with Gasteiger partial charge in [0.15, 0.2) is 0 Å². The van der Waals surface area contributed by atoms with Crippen molar-refractivity contribution >= 4 is 6.34 Å². The summed E-state index contributed by atoms with van der Waals surface area (Å²) in [5, 5.41) is 33.3. The first-order chi connectivity index (χ1) is 21.6. The zero-order valence-corrected chi connectivity index (χ0v) is 28.4. The van der Waals surface area contributed by atoms with E-state index in [9.17, 15) is 10.2 Å². The molecule has 6 rings (SSSR count). The lowest BCUT2D eigenvalue weighted by Gasteiger charge is -2.42. The van der Waals surface area contributed by atoms with Crippen molar-refractivity contribution in [2.75, 3.05) is 40.5 Å². The van der Waals surface area contributed by atoms with E-state index in [0.29, 0.717) is 43.4 Å². The number of rotatable bonds is 13. The van der Waals surface area contributed by atoms with Crippen LogP contribution >= 0.6 is 0 Å². The number of aliphatic hydroxyl groups excluding tert-OH is 2. The molecule has 12 nitrogen and oxygen atoms in total. The molecule has 0 bridgehead atoms. The number of likely N-dealkylation sites (N-methyl/N-ethyl adjacent to an activating group) is 1. The Bertz CT molecular complexity index is 1000. The molecule has 0 amide bonds. The van der Waals surface area contributed by atoms with E-state index in [1.54, 1.807) is 0 Å². The molecule has 0 radical (unpaired) electrons. The summed E-state index contributed by atoms with van der Waals surface area (Å²) in [6, 6.07) is 1.63. The Morgan fingerprint density at radius 1 is 1.11 bits per heavy atom. The second-order valence-electron chi connectivity index (χ2n) is 15.7. The van der Waals surface area contributed by atoms with Crippen molar-refractivity contribution in [1.82, 2.24) is 30.7 Å². The third-order valence-electron chi connectivity index (χ3n) is 12.2. The van der Waals surface area contributed by atoms with E-state index >= 15 is 0 Å². The first kappa shape index (κ1) is 34.0. The van der Waals surface area contributed by atoms with Crippen LogP contribution in [0.3, 0.4) is 0 Å². The molecule has 2 saturated carbocycles. The lowest BCUT2D eigenvalue weighted by Crippen LogP contribution is -2.60. The van der Waals surface area contributed by atoms with Gasteiger partial charge in [0, 0.05) is 38.3 Å². The third kappa shape index (κ3) is 7.11. The highest BCUT2D eigenvalue weighted by atomic mass is 16.6. The summed E-state index contributed by atoms with van der Waals surface area (Å²) in [5.41, 5.74) is 6.81. The number of unbranched alkanes of at least 4 members (excludes halogenated alkanes) is 1. The predicted octanol–water partition coefficient (Wildman–Crippen LogP) is 0.639. The molecular formula is C33H62N8O4. The summed E-state index contributed by atoms with van der Waals surface area (Å²) >= 11 is 0. The van der Waals surface area contributed by atoms with Gasteiger partial charge in [-0.2, -0.15) is 0 Å². The van der Waals surface area contributed by atoms with Crippen LogP contribution in [-0.4, -0.2) is 139 Å². The zero-order valence-electron chi connectivity index (χ0n) is 28.4. The van der Waals surface area contributed by atoms with Crippen molar-refractivity contribution in [1.29, 1.82) is 0 Å². The second-order valence-corrected chi connectivity index (χ2v) is 15.7. The molecule has 4 heterocycles. The van der Waals surface area contributed by atoms with Crippen molar-refractivity contribution < 1.29 is 19.7 Å². The molecule has 11 atom stereocenters.